The first kappa shape index (κ1) is 13.0. The van der Waals surface area contributed by atoms with E-state index in [1.54, 1.807) is 17.5 Å². The van der Waals surface area contributed by atoms with Crippen molar-refractivity contribution in [2.45, 2.75) is 0 Å². The summed E-state index contributed by atoms with van der Waals surface area (Å²) < 4.78 is 1.81. The quantitative estimate of drug-likeness (QED) is 0.776. The van der Waals surface area contributed by atoms with Gasteiger partial charge in [-0.1, -0.05) is 11.3 Å². The first-order chi connectivity index (χ1) is 9.72. The topological polar surface area (TPSA) is 58.4 Å². The van der Waals surface area contributed by atoms with Gasteiger partial charge in [0.1, 0.15) is 0 Å². The van der Waals surface area contributed by atoms with Crippen LogP contribution in [-0.4, -0.2) is 51.7 Å². The molecule has 104 valence electrons. The van der Waals surface area contributed by atoms with Crippen LogP contribution in [0.3, 0.4) is 0 Å². The van der Waals surface area contributed by atoms with Crippen molar-refractivity contribution in [3.8, 4) is 11.3 Å². The lowest BCUT2D eigenvalue weighted by Crippen LogP contribution is -2.20. The van der Waals surface area contributed by atoms with E-state index in [0.717, 1.165) is 34.4 Å². The van der Waals surface area contributed by atoms with Crippen LogP contribution in [0.2, 0.25) is 0 Å². The molecule has 3 aromatic heterocycles. The zero-order valence-corrected chi connectivity index (χ0v) is 12.3. The van der Waals surface area contributed by atoms with E-state index in [1.807, 2.05) is 29.0 Å². The average molecular weight is 288 g/mol. The molecule has 1 N–H and O–H groups in total. The van der Waals surface area contributed by atoms with Crippen LogP contribution in [0.5, 0.6) is 0 Å². The molecule has 0 radical (unpaired) electrons. The van der Waals surface area contributed by atoms with Crippen molar-refractivity contribution in [2.75, 3.05) is 32.5 Å². The summed E-state index contributed by atoms with van der Waals surface area (Å²) in [6, 6.07) is 3.90. The average Bonchev–Trinajstić information content (AvgIpc) is 2.97. The van der Waals surface area contributed by atoms with Gasteiger partial charge in [-0.25, -0.2) is 9.50 Å². The van der Waals surface area contributed by atoms with Crippen molar-refractivity contribution in [3.05, 3.63) is 30.7 Å². The Morgan fingerprint density at radius 3 is 3.00 bits per heavy atom. The number of anilines is 1. The van der Waals surface area contributed by atoms with Gasteiger partial charge in [-0.2, -0.15) is 0 Å². The second-order valence-corrected chi connectivity index (χ2v) is 5.69. The molecule has 0 bridgehead atoms. The van der Waals surface area contributed by atoms with E-state index in [9.17, 15) is 0 Å². The van der Waals surface area contributed by atoms with E-state index < -0.39 is 0 Å². The van der Waals surface area contributed by atoms with Gasteiger partial charge >= 0.3 is 0 Å². The van der Waals surface area contributed by atoms with Crippen LogP contribution in [0.25, 0.3) is 16.2 Å². The van der Waals surface area contributed by atoms with Gasteiger partial charge in [-0.15, -0.1) is 5.10 Å². The molecule has 0 aliphatic rings. The molecule has 3 aromatic rings. The molecule has 7 heteroatoms. The van der Waals surface area contributed by atoms with E-state index in [0.29, 0.717) is 0 Å². The van der Waals surface area contributed by atoms with Crippen molar-refractivity contribution in [2.24, 2.45) is 0 Å². The lowest BCUT2D eigenvalue weighted by molar-refractivity contribution is 0.425. The number of fused-ring (bicyclic) bond motifs is 1. The molecular formula is C13H16N6S. The molecule has 3 rings (SSSR count). The number of hydrogen-bond donors (Lipinski definition) is 1. The third-order valence-corrected chi connectivity index (χ3v) is 3.72. The molecule has 3 heterocycles. The van der Waals surface area contributed by atoms with Gasteiger partial charge in [0.25, 0.3) is 0 Å². The largest absolute Gasteiger partial charge is 0.359 e. The number of imidazole rings is 1. The minimum atomic E-state index is 0.874. The molecule has 0 atom stereocenters. The number of rotatable bonds is 5. The highest BCUT2D eigenvalue weighted by Crippen LogP contribution is 2.23. The lowest BCUT2D eigenvalue weighted by atomic mass is 10.2. The van der Waals surface area contributed by atoms with Gasteiger partial charge in [0.15, 0.2) is 0 Å². The first-order valence-electron chi connectivity index (χ1n) is 6.37. The minimum absolute atomic E-state index is 0.874. The summed E-state index contributed by atoms with van der Waals surface area (Å²) >= 11 is 1.56. The summed E-state index contributed by atoms with van der Waals surface area (Å²) in [5, 5.41) is 8.68. The SMILES string of the molecule is CN(C)CCNc1nn2cc(-c3cccnc3)nc2s1. The minimum Gasteiger partial charge on any atom is -0.359 e. The third-order valence-electron chi connectivity index (χ3n) is 2.84. The van der Waals surface area contributed by atoms with Crippen molar-refractivity contribution in [1.82, 2.24) is 24.5 Å². The summed E-state index contributed by atoms with van der Waals surface area (Å²) in [6.45, 7) is 1.85. The maximum absolute atomic E-state index is 4.58. The Balaban J connectivity index is 1.76. The molecule has 0 unspecified atom stereocenters. The highest BCUT2D eigenvalue weighted by molar-refractivity contribution is 7.20. The zero-order valence-electron chi connectivity index (χ0n) is 11.4. The van der Waals surface area contributed by atoms with Crippen LogP contribution in [-0.2, 0) is 0 Å². The van der Waals surface area contributed by atoms with Crippen LogP contribution in [0, 0.1) is 0 Å². The van der Waals surface area contributed by atoms with E-state index in [4.69, 9.17) is 0 Å². The standard InChI is InChI=1S/C13H16N6S/c1-18(2)7-6-15-12-17-19-9-11(16-13(19)20-12)10-4-3-5-14-8-10/h3-5,8-9H,6-7H2,1-2H3,(H,15,17). The van der Waals surface area contributed by atoms with Crippen molar-refractivity contribution < 1.29 is 0 Å². The maximum atomic E-state index is 4.58. The fourth-order valence-corrected chi connectivity index (χ4v) is 2.62. The molecule has 6 nitrogen and oxygen atoms in total. The monoisotopic (exact) mass is 288 g/mol. The van der Waals surface area contributed by atoms with Crippen LogP contribution < -0.4 is 5.32 Å². The molecule has 0 saturated carbocycles. The van der Waals surface area contributed by atoms with Crippen molar-refractivity contribution in [3.63, 3.8) is 0 Å². The van der Waals surface area contributed by atoms with Gasteiger partial charge in [0.2, 0.25) is 10.1 Å². The van der Waals surface area contributed by atoms with Crippen molar-refractivity contribution in [1.29, 1.82) is 0 Å². The number of nitrogens with zero attached hydrogens (tertiary/aromatic N) is 5. The summed E-state index contributed by atoms with van der Waals surface area (Å²) in [5.41, 5.74) is 1.91. The Hall–Kier alpha value is -1.99. The normalized spacial score (nSPS) is 11.3. The molecule has 0 spiro atoms. The summed E-state index contributed by atoms with van der Waals surface area (Å²) in [7, 11) is 4.10. The predicted molar refractivity (Wildman–Crippen MR) is 81.1 cm³/mol. The number of hydrogen-bond acceptors (Lipinski definition) is 6. The van der Waals surface area contributed by atoms with Crippen LogP contribution in [0.15, 0.2) is 30.7 Å². The molecule has 0 amide bonds. The Bertz CT molecular complexity index is 656. The maximum Gasteiger partial charge on any atom is 0.214 e. The van der Waals surface area contributed by atoms with Gasteiger partial charge in [0, 0.05) is 31.0 Å². The highest BCUT2D eigenvalue weighted by atomic mass is 32.1. The van der Waals surface area contributed by atoms with Crippen molar-refractivity contribution >= 4 is 21.4 Å². The van der Waals surface area contributed by atoms with E-state index in [2.05, 4.69) is 39.4 Å². The van der Waals surface area contributed by atoms with Gasteiger partial charge in [-0.3, -0.25) is 4.98 Å². The molecule has 0 aromatic carbocycles. The Labute approximate surface area is 121 Å². The predicted octanol–water partition coefficient (Wildman–Crippen LogP) is 1.83. The number of nitrogens with one attached hydrogen (secondary N) is 1. The Morgan fingerprint density at radius 1 is 1.40 bits per heavy atom. The van der Waals surface area contributed by atoms with E-state index in [1.165, 1.54) is 0 Å². The second-order valence-electron chi connectivity index (χ2n) is 4.73. The molecule has 20 heavy (non-hydrogen) atoms. The Kier molecular flexibility index (Phi) is 3.62. The number of likely N-dealkylation sites (N-methyl/N-ethyl adjacent to an activating group) is 1. The summed E-state index contributed by atoms with van der Waals surface area (Å²) in [6.07, 6.45) is 5.50. The first-order valence-corrected chi connectivity index (χ1v) is 7.19. The zero-order chi connectivity index (χ0) is 13.9. The summed E-state index contributed by atoms with van der Waals surface area (Å²) in [4.78, 5) is 11.7. The van der Waals surface area contributed by atoms with Crippen LogP contribution >= 0.6 is 11.3 Å². The lowest BCUT2D eigenvalue weighted by Gasteiger charge is -2.08. The molecule has 0 aliphatic carbocycles. The molecular weight excluding hydrogens is 272 g/mol. The number of aromatic nitrogens is 4. The van der Waals surface area contributed by atoms with Crippen LogP contribution in [0.1, 0.15) is 0 Å². The van der Waals surface area contributed by atoms with Gasteiger partial charge in [0.05, 0.1) is 11.9 Å². The molecule has 0 saturated heterocycles. The van der Waals surface area contributed by atoms with E-state index in [-0.39, 0.29) is 0 Å². The number of pyridine rings is 1. The van der Waals surface area contributed by atoms with E-state index >= 15 is 0 Å². The smallest absolute Gasteiger partial charge is 0.214 e. The Morgan fingerprint density at radius 2 is 2.30 bits per heavy atom. The highest BCUT2D eigenvalue weighted by Gasteiger charge is 2.09. The third kappa shape index (κ3) is 2.78. The summed E-state index contributed by atoms with van der Waals surface area (Å²) in [5.74, 6) is 0. The second kappa shape index (κ2) is 5.56. The fraction of sp³-hybridized carbons (Fsp3) is 0.308. The molecule has 0 fully saturated rings. The molecule has 0 aliphatic heterocycles. The fourth-order valence-electron chi connectivity index (χ4n) is 1.81. The van der Waals surface area contributed by atoms with Gasteiger partial charge in [-0.05, 0) is 26.2 Å². The van der Waals surface area contributed by atoms with Gasteiger partial charge < -0.3 is 10.2 Å². The van der Waals surface area contributed by atoms with Crippen LogP contribution in [0.4, 0.5) is 5.13 Å².